The second-order valence-corrected chi connectivity index (χ2v) is 6.33. The number of allylic oxidation sites excluding steroid dienone is 1. The lowest BCUT2D eigenvalue weighted by atomic mass is 10.1. The van der Waals surface area contributed by atoms with Gasteiger partial charge in [-0.3, -0.25) is 9.52 Å². The Morgan fingerprint density at radius 1 is 0.963 bits per heavy atom. The maximum atomic E-state index is 12.2. The average molecular weight is 382 g/mol. The van der Waals surface area contributed by atoms with Crippen LogP contribution < -0.4 is 4.72 Å². The highest BCUT2D eigenvalue weighted by Crippen LogP contribution is 2.19. The second-order valence-electron chi connectivity index (χ2n) is 5.59. The second kappa shape index (κ2) is 7.79. The number of benzene rings is 2. The molecule has 0 saturated carbocycles. The van der Waals surface area contributed by atoms with Crippen LogP contribution in [0.3, 0.4) is 0 Å². The maximum Gasteiger partial charge on any atom is 0.335 e. The van der Waals surface area contributed by atoms with E-state index < -0.39 is 16.9 Å². The third-order valence-electron chi connectivity index (χ3n) is 3.75. The lowest BCUT2D eigenvalue weighted by Crippen LogP contribution is -1.99. The molecule has 0 aliphatic carbocycles. The van der Waals surface area contributed by atoms with Crippen LogP contribution in [0.15, 0.2) is 60.7 Å². The Kier molecular flexibility index (Phi) is 5.28. The van der Waals surface area contributed by atoms with Gasteiger partial charge in [0.2, 0.25) is 10.9 Å². The molecule has 27 heavy (non-hydrogen) atoms. The molecule has 0 aliphatic rings. The zero-order valence-corrected chi connectivity index (χ0v) is 14.7. The summed E-state index contributed by atoms with van der Waals surface area (Å²) in [5, 5.41) is 9.63. The van der Waals surface area contributed by atoms with Gasteiger partial charge in [0.25, 0.3) is 0 Å². The van der Waals surface area contributed by atoms with Gasteiger partial charge < -0.3 is 5.11 Å². The van der Waals surface area contributed by atoms with Gasteiger partial charge in [-0.2, -0.15) is 0 Å². The molecule has 0 aliphatic heterocycles. The normalized spacial score (nSPS) is 11.1. The summed E-state index contributed by atoms with van der Waals surface area (Å²) in [6, 6.07) is 14.1. The Labute approximate surface area is 156 Å². The number of thiol groups is 1. The molecule has 0 saturated heterocycles. The molecule has 1 aromatic heterocycles. The third-order valence-corrected chi connectivity index (χ3v) is 4.19. The fourth-order valence-corrected chi connectivity index (χ4v) is 2.79. The van der Waals surface area contributed by atoms with E-state index in [0.29, 0.717) is 22.5 Å². The first-order valence-corrected chi connectivity index (χ1v) is 8.98. The number of aromatic nitrogens is 1. The van der Waals surface area contributed by atoms with Crippen molar-refractivity contribution >= 4 is 45.3 Å². The molecule has 0 fully saturated rings. The van der Waals surface area contributed by atoms with Crippen LogP contribution in [0.2, 0.25) is 0 Å². The molecule has 0 amide bonds. The Bertz CT molecular complexity index is 1130. The number of nitrogens with one attached hydrogen (secondary N) is 1. The van der Waals surface area contributed by atoms with Crippen molar-refractivity contribution in [2.24, 2.45) is 0 Å². The number of pyridine rings is 1. The molecule has 8 heteroatoms. The van der Waals surface area contributed by atoms with Crippen molar-refractivity contribution in [1.29, 1.82) is 0 Å². The van der Waals surface area contributed by atoms with Crippen LogP contribution in [0, 0.1) is 0 Å². The number of anilines is 1. The molecule has 2 N–H and O–H groups in total. The minimum absolute atomic E-state index is 0.113. The Morgan fingerprint density at radius 3 is 2.33 bits per heavy atom. The first-order valence-electron chi connectivity index (χ1n) is 7.80. The molecule has 3 rings (SSSR count). The Morgan fingerprint density at radius 2 is 1.67 bits per heavy atom. The highest BCUT2D eigenvalue weighted by atomic mass is 32.2. The summed E-state index contributed by atoms with van der Waals surface area (Å²) in [6.45, 7) is 0. The van der Waals surface area contributed by atoms with Crippen molar-refractivity contribution in [3.05, 3.63) is 77.5 Å². The summed E-state index contributed by atoms with van der Waals surface area (Å²) in [4.78, 5) is 27.4. The van der Waals surface area contributed by atoms with E-state index >= 15 is 0 Å². The maximum absolute atomic E-state index is 12.2. The highest BCUT2D eigenvalue weighted by molar-refractivity contribution is 7.73. The van der Waals surface area contributed by atoms with E-state index in [-0.39, 0.29) is 11.3 Å². The molecule has 0 radical (unpaired) electrons. The minimum Gasteiger partial charge on any atom is -0.478 e. The number of nitrogens with zero attached hydrogens (tertiary/aromatic N) is 1. The van der Waals surface area contributed by atoms with Crippen LogP contribution in [0.4, 0.5) is 5.69 Å². The summed E-state index contributed by atoms with van der Waals surface area (Å²) < 4.78 is 23.7. The molecular weight excluding hydrogens is 368 g/mol. The van der Waals surface area contributed by atoms with E-state index in [4.69, 9.17) is 5.11 Å². The molecule has 0 unspecified atom stereocenters. The van der Waals surface area contributed by atoms with E-state index in [1.54, 1.807) is 36.4 Å². The number of aromatic carboxylic acids is 1. The number of fused-ring (bicyclic) bond motifs is 1. The molecule has 0 atom stereocenters. The van der Waals surface area contributed by atoms with Crippen LogP contribution in [-0.2, 0) is 10.9 Å². The molecular formula is C19H14N2O5S. The zero-order valence-electron chi connectivity index (χ0n) is 13.8. The molecule has 1 heterocycles. The predicted octanol–water partition coefficient (Wildman–Crippen LogP) is 2.77. The van der Waals surface area contributed by atoms with E-state index in [2.05, 4.69) is 9.71 Å². The van der Waals surface area contributed by atoms with Crippen molar-refractivity contribution in [2.75, 3.05) is 4.72 Å². The number of carbonyl (C=O) groups excluding carboxylic acids is 1. The van der Waals surface area contributed by atoms with E-state index in [9.17, 15) is 18.0 Å². The topological polar surface area (TPSA) is 113 Å². The van der Waals surface area contributed by atoms with Gasteiger partial charge in [-0.1, -0.05) is 18.2 Å². The molecule has 0 spiro atoms. The summed E-state index contributed by atoms with van der Waals surface area (Å²) in [5.74, 6) is -1.32. The predicted molar refractivity (Wildman–Crippen MR) is 102 cm³/mol. The van der Waals surface area contributed by atoms with E-state index in [1.807, 2.05) is 0 Å². The lowest BCUT2D eigenvalue weighted by Gasteiger charge is -2.03. The minimum atomic E-state index is -2.73. The summed E-state index contributed by atoms with van der Waals surface area (Å²) in [7, 11) is -2.73. The number of hydrogen-bond donors (Lipinski definition) is 3. The van der Waals surface area contributed by atoms with Gasteiger partial charge in [0.05, 0.1) is 16.8 Å². The largest absolute Gasteiger partial charge is 0.478 e. The van der Waals surface area contributed by atoms with Crippen molar-refractivity contribution in [1.82, 2.24) is 4.98 Å². The van der Waals surface area contributed by atoms with Gasteiger partial charge in [-0.05, 0) is 48.6 Å². The average Bonchev–Trinajstić information content (AvgIpc) is 2.65. The third kappa shape index (κ3) is 4.56. The smallest absolute Gasteiger partial charge is 0.335 e. The molecule has 0 bridgehead atoms. The Balaban J connectivity index is 1.78. The highest BCUT2D eigenvalue weighted by Gasteiger charge is 2.06. The van der Waals surface area contributed by atoms with Gasteiger partial charge in [-0.25, -0.2) is 18.2 Å². The fraction of sp³-hybridized carbons (Fsp3) is 0. The van der Waals surface area contributed by atoms with Crippen LogP contribution in [0.5, 0.6) is 0 Å². The van der Waals surface area contributed by atoms with Gasteiger partial charge in [0.1, 0.15) is 0 Å². The zero-order chi connectivity index (χ0) is 19.4. The molecule has 3 aromatic rings. The fourth-order valence-electron chi connectivity index (χ4n) is 2.44. The quantitative estimate of drug-likeness (QED) is 0.343. The molecule has 7 nitrogen and oxygen atoms in total. The first kappa shape index (κ1) is 18.3. The summed E-state index contributed by atoms with van der Waals surface area (Å²) in [6.07, 6.45) is 2.93. The van der Waals surface area contributed by atoms with Crippen LogP contribution >= 0.6 is 0 Å². The summed E-state index contributed by atoms with van der Waals surface area (Å²) in [5.41, 5.74) is 2.15. The summed E-state index contributed by atoms with van der Waals surface area (Å²) >= 11 is 0. The van der Waals surface area contributed by atoms with E-state index in [1.165, 1.54) is 30.3 Å². The van der Waals surface area contributed by atoms with Crippen molar-refractivity contribution in [3.63, 3.8) is 0 Å². The van der Waals surface area contributed by atoms with Gasteiger partial charge >= 0.3 is 5.97 Å². The van der Waals surface area contributed by atoms with Crippen LogP contribution in [0.25, 0.3) is 17.0 Å². The van der Waals surface area contributed by atoms with Crippen LogP contribution in [0.1, 0.15) is 26.4 Å². The molecule has 136 valence electrons. The number of carboxylic acids is 1. The van der Waals surface area contributed by atoms with Crippen LogP contribution in [-0.4, -0.2) is 30.3 Å². The standard InChI is InChI=1S/C19H14N2O5S/c22-18(12-1-3-13(4-2-12)19(23)24)10-8-15-6-5-14-11-16(21-27(25)26)7-9-17(14)20-15/h1-11,27H,(H,23,24)(H,21,25,26). The van der Waals surface area contributed by atoms with Crippen molar-refractivity contribution in [3.8, 4) is 0 Å². The first-order chi connectivity index (χ1) is 12.9. The Hall–Kier alpha value is -3.52. The number of rotatable bonds is 6. The monoisotopic (exact) mass is 382 g/mol. The molecule has 2 aromatic carbocycles. The SMILES string of the molecule is O=C(O)c1ccc(C(=O)C=Cc2ccc3cc(N[SH](=O)=O)ccc3n2)cc1. The number of carboxylic acid groups (broad SMARTS) is 1. The van der Waals surface area contributed by atoms with Gasteiger partial charge in [-0.15, -0.1) is 0 Å². The lowest BCUT2D eigenvalue weighted by molar-refractivity contribution is 0.0696. The number of hydrogen-bond acceptors (Lipinski definition) is 5. The van der Waals surface area contributed by atoms with Crippen molar-refractivity contribution in [2.45, 2.75) is 0 Å². The number of carbonyl (C=O) groups is 2. The van der Waals surface area contributed by atoms with E-state index in [0.717, 1.165) is 5.39 Å². The van der Waals surface area contributed by atoms with Crippen molar-refractivity contribution < 1.29 is 23.1 Å². The van der Waals surface area contributed by atoms with Gasteiger partial charge in [0, 0.05) is 16.6 Å². The van der Waals surface area contributed by atoms with Gasteiger partial charge in [0.15, 0.2) is 5.78 Å². The number of ketones is 1.